The maximum Gasteiger partial charge on any atom is 0.335 e. The van der Waals surface area contributed by atoms with Gasteiger partial charge in [0.25, 0.3) is 0 Å². The van der Waals surface area contributed by atoms with E-state index in [1.807, 2.05) is 18.2 Å². The van der Waals surface area contributed by atoms with Gasteiger partial charge in [-0.3, -0.25) is 4.79 Å². The fraction of sp³-hybridized carbons (Fsp3) is 0.462. The Balaban J connectivity index is 1.13. The molecule has 0 unspecified atom stereocenters. The summed E-state index contributed by atoms with van der Waals surface area (Å²) in [6.45, 7) is 3.46. The molecule has 5 rings (SSSR count). The third-order valence-electron chi connectivity index (χ3n) is 7.63. The number of fused-ring (bicyclic) bond motifs is 1. The number of nitrogens with one attached hydrogen (secondary N) is 1. The number of anilines is 1. The van der Waals surface area contributed by atoms with Crippen molar-refractivity contribution >= 4 is 39.2 Å². The van der Waals surface area contributed by atoms with E-state index in [-0.39, 0.29) is 33.3 Å². The number of halogens is 1. The van der Waals surface area contributed by atoms with Gasteiger partial charge in [0.2, 0.25) is 15.9 Å². The smallest absolute Gasteiger partial charge is 0.335 e. The number of carboxylic acid groups (broad SMARTS) is 1. The van der Waals surface area contributed by atoms with E-state index in [4.69, 9.17) is 16.3 Å². The fourth-order valence-corrected chi connectivity index (χ4v) is 7.41. The lowest BCUT2D eigenvalue weighted by molar-refractivity contribution is -0.121. The first-order chi connectivity index (χ1) is 17.7. The molecule has 3 aliphatic heterocycles. The van der Waals surface area contributed by atoms with Gasteiger partial charge in [0.15, 0.2) is 0 Å². The lowest BCUT2D eigenvalue weighted by atomic mass is 9.93. The van der Waals surface area contributed by atoms with Crippen LogP contribution in [0, 0.1) is 5.92 Å². The molecule has 0 aliphatic carbocycles. The molecule has 0 bridgehead atoms. The molecule has 0 spiro atoms. The van der Waals surface area contributed by atoms with E-state index in [1.165, 1.54) is 22.0 Å². The molecule has 11 heteroatoms. The van der Waals surface area contributed by atoms with Crippen LogP contribution in [-0.4, -0.2) is 66.8 Å². The number of hydrogen-bond donors (Lipinski definition) is 2. The molecular weight excluding hydrogens is 518 g/mol. The van der Waals surface area contributed by atoms with Gasteiger partial charge >= 0.3 is 5.97 Å². The Labute approximate surface area is 221 Å². The molecule has 3 heterocycles. The third kappa shape index (κ3) is 5.53. The Morgan fingerprint density at radius 3 is 2.35 bits per heavy atom. The minimum Gasteiger partial charge on any atom is -0.478 e. The van der Waals surface area contributed by atoms with Crippen molar-refractivity contribution in [2.24, 2.45) is 5.92 Å². The maximum atomic E-state index is 13.2. The highest BCUT2D eigenvalue weighted by atomic mass is 35.5. The Kier molecular flexibility index (Phi) is 7.56. The van der Waals surface area contributed by atoms with E-state index in [1.54, 1.807) is 0 Å². The second-order valence-corrected chi connectivity index (χ2v) is 12.2. The summed E-state index contributed by atoms with van der Waals surface area (Å²) in [7, 11) is -3.90. The summed E-state index contributed by atoms with van der Waals surface area (Å²) in [6.07, 6.45) is 2.86. The number of carboxylic acids is 1. The highest BCUT2D eigenvalue weighted by Gasteiger charge is 2.35. The predicted molar refractivity (Wildman–Crippen MR) is 138 cm³/mol. The number of nitrogens with zero attached hydrogens (tertiary/aromatic N) is 2. The third-order valence-corrected chi connectivity index (χ3v) is 10.0. The molecule has 9 nitrogen and oxygen atoms in total. The summed E-state index contributed by atoms with van der Waals surface area (Å²) >= 11 is 6.12. The predicted octanol–water partition coefficient (Wildman–Crippen LogP) is 3.57. The fourth-order valence-electron chi connectivity index (χ4n) is 5.44. The molecule has 3 aliphatic rings. The van der Waals surface area contributed by atoms with Gasteiger partial charge < -0.3 is 20.1 Å². The molecule has 0 radical (unpaired) electrons. The number of carbonyl (C=O) groups excluding carboxylic acids is 1. The first-order valence-corrected chi connectivity index (χ1v) is 14.3. The Morgan fingerprint density at radius 2 is 1.65 bits per heavy atom. The van der Waals surface area contributed by atoms with E-state index in [0.29, 0.717) is 39.1 Å². The van der Waals surface area contributed by atoms with Gasteiger partial charge in [0.05, 0.1) is 23.8 Å². The number of sulfonamides is 1. The molecule has 0 aromatic heterocycles. The summed E-state index contributed by atoms with van der Waals surface area (Å²) in [5.74, 6) is -1.21. The van der Waals surface area contributed by atoms with Crippen LogP contribution in [0.2, 0.25) is 5.02 Å². The normalized spacial score (nSPS) is 20.0. The van der Waals surface area contributed by atoms with Crippen LogP contribution in [0.15, 0.2) is 41.3 Å². The van der Waals surface area contributed by atoms with Crippen molar-refractivity contribution in [3.8, 4) is 0 Å². The number of benzene rings is 2. The van der Waals surface area contributed by atoms with Crippen molar-refractivity contribution in [3.05, 3.63) is 58.1 Å². The van der Waals surface area contributed by atoms with Gasteiger partial charge in [-0.05, 0) is 80.2 Å². The van der Waals surface area contributed by atoms with Crippen molar-refractivity contribution in [2.75, 3.05) is 31.5 Å². The largest absolute Gasteiger partial charge is 0.478 e. The van der Waals surface area contributed by atoms with Gasteiger partial charge in [-0.1, -0.05) is 17.7 Å². The molecule has 2 aromatic rings. The summed E-state index contributed by atoms with van der Waals surface area (Å²) in [6, 6.07) is 9.88. The zero-order valence-electron chi connectivity index (χ0n) is 20.4. The van der Waals surface area contributed by atoms with Crippen LogP contribution in [0.25, 0.3) is 0 Å². The minimum atomic E-state index is -3.90. The molecule has 2 fully saturated rings. The lowest BCUT2D eigenvalue weighted by Crippen LogP contribution is -2.49. The zero-order valence-corrected chi connectivity index (χ0v) is 21.9. The first-order valence-electron chi connectivity index (χ1n) is 12.5. The number of piperidine rings is 2. The number of rotatable bonds is 6. The molecule has 2 aromatic carbocycles. The Bertz CT molecular complexity index is 1300. The summed E-state index contributed by atoms with van der Waals surface area (Å²) < 4.78 is 33.2. The van der Waals surface area contributed by atoms with Gasteiger partial charge in [-0.15, -0.1) is 0 Å². The average molecular weight is 548 g/mol. The van der Waals surface area contributed by atoms with Crippen molar-refractivity contribution in [1.29, 1.82) is 0 Å². The molecule has 37 heavy (non-hydrogen) atoms. The van der Waals surface area contributed by atoms with Crippen LogP contribution in [0.3, 0.4) is 0 Å². The summed E-state index contributed by atoms with van der Waals surface area (Å²) in [5.41, 5.74) is 2.98. The zero-order chi connectivity index (χ0) is 26.2. The molecule has 2 N–H and O–H groups in total. The second-order valence-electron chi connectivity index (χ2n) is 9.86. The van der Waals surface area contributed by atoms with Gasteiger partial charge in [0.1, 0.15) is 4.90 Å². The number of amides is 1. The van der Waals surface area contributed by atoms with E-state index in [2.05, 4.69) is 10.2 Å². The number of likely N-dealkylation sites (tertiary alicyclic amines) is 1. The highest BCUT2D eigenvalue weighted by molar-refractivity contribution is 7.89. The van der Waals surface area contributed by atoms with E-state index in [9.17, 15) is 23.1 Å². The van der Waals surface area contributed by atoms with Crippen molar-refractivity contribution in [1.82, 2.24) is 9.21 Å². The lowest BCUT2D eigenvalue weighted by Gasteiger charge is -2.41. The number of hydrogen-bond acceptors (Lipinski definition) is 6. The standard InChI is InChI=1S/C26H30ClN3O6S/c27-23-4-2-18(26(32)33)14-24(23)37(34,35)30-11-7-22(8-12-30)29-9-5-17(6-10-29)25(31)28-21-3-1-19-15-36-16-20(19)13-21/h1-4,13-14,17,22H,5-12,15-16H2,(H,28,31)(H,32,33). The minimum absolute atomic E-state index is 0.0145. The molecule has 1 amide bonds. The van der Waals surface area contributed by atoms with Gasteiger partial charge in [0, 0.05) is 30.7 Å². The summed E-state index contributed by atoms with van der Waals surface area (Å²) in [4.78, 5) is 26.3. The van der Waals surface area contributed by atoms with Crippen LogP contribution in [0.5, 0.6) is 0 Å². The van der Waals surface area contributed by atoms with Crippen molar-refractivity contribution in [2.45, 2.75) is 49.8 Å². The number of aromatic carboxylic acids is 1. The summed E-state index contributed by atoms with van der Waals surface area (Å²) in [5, 5.41) is 12.3. The molecule has 0 saturated carbocycles. The van der Waals surface area contributed by atoms with Crippen LogP contribution in [0.1, 0.15) is 47.2 Å². The highest BCUT2D eigenvalue weighted by Crippen LogP contribution is 2.31. The molecule has 198 valence electrons. The molecular formula is C26H30ClN3O6S. The molecule has 0 atom stereocenters. The topological polar surface area (TPSA) is 116 Å². The number of ether oxygens (including phenoxy) is 1. The van der Waals surface area contributed by atoms with Crippen molar-refractivity contribution < 1.29 is 27.9 Å². The Hall–Kier alpha value is -2.50. The van der Waals surface area contributed by atoms with Gasteiger partial charge in [-0.25, -0.2) is 13.2 Å². The van der Waals surface area contributed by atoms with Crippen LogP contribution in [0.4, 0.5) is 5.69 Å². The van der Waals surface area contributed by atoms with Crippen LogP contribution in [-0.2, 0) is 32.8 Å². The van der Waals surface area contributed by atoms with Gasteiger partial charge in [-0.2, -0.15) is 4.31 Å². The second kappa shape index (κ2) is 10.7. The molecule has 2 saturated heterocycles. The maximum absolute atomic E-state index is 13.2. The van der Waals surface area contributed by atoms with Crippen LogP contribution < -0.4 is 5.32 Å². The van der Waals surface area contributed by atoms with E-state index in [0.717, 1.165) is 43.2 Å². The van der Waals surface area contributed by atoms with E-state index < -0.39 is 16.0 Å². The Morgan fingerprint density at radius 1 is 0.946 bits per heavy atom. The van der Waals surface area contributed by atoms with Crippen molar-refractivity contribution in [3.63, 3.8) is 0 Å². The van der Waals surface area contributed by atoms with E-state index >= 15 is 0 Å². The monoisotopic (exact) mass is 547 g/mol. The number of carbonyl (C=O) groups is 2. The first kappa shape index (κ1) is 26.1. The SMILES string of the molecule is O=C(O)c1ccc(Cl)c(S(=O)(=O)N2CCC(N3CCC(C(=O)Nc4ccc5c(c4)COC5)CC3)CC2)c1. The average Bonchev–Trinajstić information content (AvgIpc) is 3.37. The van der Waals surface area contributed by atoms with Crippen LogP contribution >= 0.6 is 11.6 Å². The quantitative estimate of drug-likeness (QED) is 0.568.